The first-order chi connectivity index (χ1) is 12.7. The van der Waals surface area contributed by atoms with Crippen molar-refractivity contribution in [3.63, 3.8) is 0 Å². The molecular formula is C20H23NO5. The number of hydrogen-bond acceptors (Lipinski definition) is 5. The maximum Gasteiger partial charge on any atom is 0.261 e. The molecule has 0 spiro atoms. The second-order valence-corrected chi connectivity index (χ2v) is 5.94. The number of benzene rings is 2. The van der Waals surface area contributed by atoms with E-state index in [1.165, 1.54) is 0 Å². The van der Waals surface area contributed by atoms with Gasteiger partial charge in [0.1, 0.15) is 24.2 Å². The van der Waals surface area contributed by atoms with E-state index in [1.807, 2.05) is 43.3 Å². The zero-order chi connectivity index (χ0) is 18.4. The Morgan fingerprint density at radius 1 is 1.19 bits per heavy atom. The molecule has 1 aliphatic rings. The maximum absolute atomic E-state index is 12.5. The molecular weight excluding hydrogens is 334 g/mol. The lowest BCUT2D eigenvalue weighted by Gasteiger charge is -2.27. The number of nitrogens with one attached hydrogen (secondary N) is 1. The van der Waals surface area contributed by atoms with Gasteiger partial charge in [-0.1, -0.05) is 25.1 Å². The van der Waals surface area contributed by atoms with Crippen molar-refractivity contribution in [1.82, 2.24) is 5.32 Å². The second-order valence-electron chi connectivity index (χ2n) is 5.94. The Hall–Kier alpha value is -2.89. The molecule has 1 amide bonds. The summed E-state index contributed by atoms with van der Waals surface area (Å²) in [6.45, 7) is 2.65. The van der Waals surface area contributed by atoms with E-state index >= 15 is 0 Å². The molecule has 0 saturated carbocycles. The zero-order valence-corrected chi connectivity index (χ0v) is 14.9. The topological polar surface area (TPSA) is 66.0 Å². The lowest BCUT2D eigenvalue weighted by molar-refractivity contribution is -0.128. The zero-order valence-electron chi connectivity index (χ0n) is 14.9. The highest BCUT2D eigenvalue weighted by Gasteiger charge is 2.24. The molecule has 0 fully saturated rings. The van der Waals surface area contributed by atoms with Crippen LogP contribution in [-0.4, -0.2) is 38.4 Å². The smallest absolute Gasteiger partial charge is 0.261 e. The predicted octanol–water partition coefficient (Wildman–Crippen LogP) is 2.81. The van der Waals surface area contributed by atoms with Crippen molar-refractivity contribution in [3.05, 3.63) is 48.5 Å². The molecule has 0 radical (unpaired) electrons. The molecule has 1 aliphatic heterocycles. The number of para-hydroxylation sites is 2. The van der Waals surface area contributed by atoms with Gasteiger partial charge in [0.05, 0.1) is 13.7 Å². The van der Waals surface area contributed by atoms with E-state index in [-0.39, 0.29) is 12.0 Å². The lowest BCUT2D eigenvalue weighted by Crippen LogP contribution is -2.45. The molecule has 3 rings (SSSR count). The van der Waals surface area contributed by atoms with Crippen LogP contribution in [0.3, 0.4) is 0 Å². The van der Waals surface area contributed by atoms with Crippen LogP contribution >= 0.6 is 0 Å². The molecule has 0 saturated heterocycles. The molecule has 1 N–H and O–H groups in total. The SMILES string of the molecule is CC[C@@H](Oc1cccc(OC)c1)C(=O)NC[C@@H]1COc2ccccc2O1. The minimum atomic E-state index is -0.584. The van der Waals surface area contributed by atoms with Gasteiger partial charge in [-0.15, -0.1) is 0 Å². The van der Waals surface area contributed by atoms with E-state index in [4.69, 9.17) is 18.9 Å². The Morgan fingerprint density at radius 3 is 2.73 bits per heavy atom. The van der Waals surface area contributed by atoms with Crippen LogP contribution < -0.4 is 24.3 Å². The van der Waals surface area contributed by atoms with E-state index in [0.717, 1.165) is 5.75 Å². The maximum atomic E-state index is 12.5. The number of rotatable bonds is 7. The lowest BCUT2D eigenvalue weighted by atomic mass is 10.2. The van der Waals surface area contributed by atoms with Crippen molar-refractivity contribution in [1.29, 1.82) is 0 Å². The average Bonchev–Trinajstić information content (AvgIpc) is 2.70. The minimum Gasteiger partial charge on any atom is -0.497 e. The van der Waals surface area contributed by atoms with Crippen LogP contribution in [0.2, 0.25) is 0 Å². The van der Waals surface area contributed by atoms with Gasteiger partial charge in [0.15, 0.2) is 17.6 Å². The Morgan fingerprint density at radius 2 is 1.96 bits per heavy atom. The van der Waals surface area contributed by atoms with Crippen molar-refractivity contribution in [2.45, 2.75) is 25.6 Å². The van der Waals surface area contributed by atoms with E-state index in [1.54, 1.807) is 19.2 Å². The Labute approximate surface area is 153 Å². The van der Waals surface area contributed by atoms with Gasteiger partial charge in [0.2, 0.25) is 0 Å². The van der Waals surface area contributed by atoms with Gasteiger partial charge in [-0.2, -0.15) is 0 Å². The van der Waals surface area contributed by atoms with Crippen LogP contribution in [0.4, 0.5) is 0 Å². The summed E-state index contributed by atoms with van der Waals surface area (Å²) in [5, 5.41) is 2.88. The fraction of sp³-hybridized carbons (Fsp3) is 0.350. The number of methoxy groups -OCH3 is 1. The third-order valence-electron chi connectivity index (χ3n) is 4.05. The summed E-state index contributed by atoms with van der Waals surface area (Å²) < 4.78 is 22.5. The summed E-state index contributed by atoms with van der Waals surface area (Å²) in [7, 11) is 1.59. The number of carbonyl (C=O) groups is 1. The van der Waals surface area contributed by atoms with Gasteiger partial charge in [0.25, 0.3) is 5.91 Å². The van der Waals surface area contributed by atoms with E-state index in [9.17, 15) is 4.79 Å². The first kappa shape index (κ1) is 17.9. The Kier molecular flexibility index (Phi) is 5.84. The van der Waals surface area contributed by atoms with Crippen LogP contribution in [-0.2, 0) is 4.79 Å². The molecule has 0 unspecified atom stereocenters. The first-order valence-electron chi connectivity index (χ1n) is 8.66. The third kappa shape index (κ3) is 4.39. The van der Waals surface area contributed by atoms with E-state index < -0.39 is 6.10 Å². The van der Waals surface area contributed by atoms with Crippen molar-refractivity contribution >= 4 is 5.91 Å². The van der Waals surface area contributed by atoms with E-state index in [2.05, 4.69) is 5.32 Å². The molecule has 2 aromatic carbocycles. The minimum absolute atomic E-state index is 0.183. The van der Waals surface area contributed by atoms with Gasteiger partial charge < -0.3 is 24.3 Å². The summed E-state index contributed by atoms with van der Waals surface area (Å²) in [4.78, 5) is 12.5. The molecule has 2 atom stereocenters. The number of carbonyl (C=O) groups excluding carboxylic acids is 1. The van der Waals surface area contributed by atoms with Gasteiger partial charge >= 0.3 is 0 Å². The Bertz CT molecular complexity index is 748. The van der Waals surface area contributed by atoms with Crippen molar-refractivity contribution in [3.8, 4) is 23.0 Å². The second kappa shape index (κ2) is 8.47. The summed E-state index contributed by atoms with van der Waals surface area (Å²) in [5.74, 6) is 2.51. The summed E-state index contributed by atoms with van der Waals surface area (Å²) in [5.41, 5.74) is 0. The third-order valence-corrected chi connectivity index (χ3v) is 4.05. The van der Waals surface area contributed by atoms with Crippen LogP contribution in [0.15, 0.2) is 48.5 Å². The highest BCUT2D eigenvalue weighted by Crippen LogP contribution is 2.30. The van der Waals surface area contributed by atoms with Crippen LogP contribution in [0.25, 0.3) is 0 Å². The molecule has 1 heterocycles. The van der Waals surface area contributed by atoms with Crippen LogP contribution in [0.1, 0.15) is 13.3 Å². The van der Waals surface area contributed by atoms with Gasteiger partial charge in [-0.05, 0) is 30.7 Å². The largest absolute Gasteiger partial charge is 0.497 e. The average molecular weight is 357 g/mol. The number of fused-ring (bicyclic) bond motifs is 1. The fourth-order valence-electron chi connectivity index (χ4n) is 2.65. The fourth-order valence-corrected chi connectivity index (χ4v) is 2.65. The monoisotopic (exact) mass is 357 g/mol. The molecule has 0 aliphatic carbocycles. The normalized spacial score (nSPS) is 16.5. The molecule has 2 aromatic rings. The molecule has 6 nitrogen and oxygen atoms in total. The first-order valence-corrected chi connectivity index (χ1v) is 8.66. The highest BCUT2D eigenvalue weighted by molar-refractivity contribution is 5.81. The molecule has 0 aromatic heterocycles. The van der Waals surface area contributed by atoms with Crippen LogP contribution in [0.5, 0.6) is 23.0 Å². The van der Waals surface area contributed by atoms with Crippen molar-refractivity contribution < 1.29 is 23.7 Å². The molecule has 0 bridgehead atoms. The van der Waals surface area contributed by atoms with Gasteiger partial charge in [-0.25, -0.2) is 0 Å². The molecule has 6 heteroatoms. The Balaban J connectivity index is 1.53. The van der Waals surface area contributed by atoms with Crippen molar-refractivity contribution in [2.75, 3.05) is 20.3 Å². The van der Waals surface area contributed by atoms with Gasteiger partial charge in [0, 0.05) is 6.07 Å². The van der Waals surface area contributed by atoms with Crippen molar-refractivity contribution in [2.24, 2.45) is 0 Å². The highest BCUT2D eigenvalue weighted by atomic mass is 16.6. The number of hydrogen-bond donors (Lipinski definition) is 1. The summed E-state index contributed by atoms with van der Waals surface area (Å²) >= 11 is 0. The summed E-state index contributed by atoms with van der Waals surface area (Å²) in [6.07, 6.45) is -0.268. The summed E-state index contributed by atoms with van der Waals surface area (Å²) in [6, 6.07) is 14.7. The number of amides is 1. The predicted molar refractivity (Wildman–Crippen MR) is 97.1 cm³/mol. The van der Waals surface area contributed by atoms with Crippen LogP contribution in [0, 0.1) is 0 Å². The standard InChI is InChI=1S/C20H23NO5/c1-3-17(25-15-8-6-7-14(11-15)23-2)20(22)21-12-16-13-24-18-9-4-5-10-19(18)26-16/h4-11,16-17H,3,12-13H2,1-2H3,(H,21,22)/t16-,17-/m1/s1. The molecule has 26 heavy (non-hydrogen) atoms. The van der Waals surface area contributed by atoms with Gasteiger partial charge in [-0.3, -0.25) is 4.79 Å². The number of ether oxygens (including phenoxy) is 4. The van der Waals surface area contributed by atoms with E-state index in [0.29, 0.717) is 36.8 Å². The molecule has 138 valence electrons. The quantitative estimate of drug-likeness (QED) is 0.825.